The van der Waals surface area contributed by atoms with Crippen LogP contribution in [-0.2, 0) is 5.41 Å². The summed E-state index contributed by atoms with van der Waals surface area (Å²) < 4.78 is 0. The van der Waals surface area contributed by atoms with Gasteiger partial charge in [-0.2, -0.15) is 0 Å². The zero-order chi connectivity index (χ0) is 33.8. The second-order valence-corrected chi connectivity index (χ2v) is 14.7. The third-order valence-electron chi connectivity index (χ3n) is 11.6. The van der Waals surface area contributed by atoms with Crippen LogP contribution in [0.5, 0.6) is 0 Å². The van der Waals surface area contributed by atoms with E-state index in [0.29, 0.717) is 0 Å². The first-order valence-electron chi connectivity index (χ1n) is 17.9. The number of fused-ring (bicyclic) bond motifs is 6. The van der Waals surface area contributed by atoms with E-state index in [4.69, 9.17) is 4.98 Å². The molecule has 0 saturated carbocycles. The smallest absolute Gasteiger partial charge is 0.0759 e. The van der Waals surface area contributed by atoms with Gasteiger partial charge in [0.2, 0.25) is 0 Å². The van der Waals surface area contributed by atoms with Crippen LogP contribution in [0.2, 0.25) is 0 Å². The summed E-state index contributed by atoms with van der Waals surface area (Å²) >= 11 is 0. The van der Waals surface area contributed by atoms with Gasteiger partial charge in [0.1, 0.15) is 0 Å². The Kier molecular flexibility index (Phi) is 5.79. The SMILES string of the molecule is CC1(C)c2ccccc2-c2nc3ccc4ccccc4c3c(-c3ccc(-c4cccc(-c5ccc6ccc7cccc8ccc5c6c78)c4)cc3)c21. The molecule has 0 saturated heterocycles. The molecule has 51 heavy (non-hydrogen) atoms. The fourth-order valence-corrected chi connectivity index (χ4v) is 9.18. The van der Waals surface area contributed by atoms with E-state index in [2.05, 4.69) is 178 Å². The van der Waals surface area contributed by atoms with Crippen LogP contribution < -0.4 is 0 Å². The maximum Gasteiger partial charge on any atom is 0.0759 e. The van der Waals surface area contributed by atoms with Crippen molar-refractivity contribution >= 4 is 54.0 Å². The molecule has 1 aliphatic carbocycles. The fraction of sp³-hybridized carbons (Fsp3) is 0.0600. The first kappa shape index (κ1) is 28.5. The monoisotopic (exact) mass is 647 g/mol. The fourth-order valence-electron chi connectivity index (χ4n) is 9.18. The van der Waals surface area contributed by atoms with Crippen LogP contribution in [0.1, 0.15) is 25.0 Å². The molecule has 0 atom stereocenters. The summed E-state index contributed by atoms with van der Waals surface area (Å²) in [5.41, 5.74) is 13.3. The van der Waals surface area contributed by atoms with E-state index in [-0.39, 0.29) is 5.41 Å². The Hall–Kier alpha value is -6.31. The normalized spacial score (nSPS) is 13.5. The summed E-state index contributed by atoms with van der Waals surface area (Å²) in [7, 11) is 0. The van der Waals surface area contributed by atoms with Crippen molar-refractivity contribution in [3.05, 3.63) is 175 Å². The highest BCUT2D eigenvalue weighted by molar-refractivity contribution is 6.25. The van der Waals surface area contributed by atoms with Crippen molar-refractivity contribution in [2.75, 3.05) is 0 Å². The van der Waals surface area contributed by atoms with Gasteiger partial charge in [0.25, 0.3) is 0 Å². The van der Waals surface area contributed by atoms with Gasteiger partial charge in [-0.3, -0.25) is 0 Å². The Morgan fingerprint density at radius 2 is 1.06 bits per heavy atom. The maximum atomic E-state index is 5.38. The number of hydrogen-bond donors (Lipinski definition) is 0. The summed E-state index contributed by atoms with van der Waals surface area (Å²) in [6.07, 6.45) is 0. The minimum Gasteiger partial charge on any atom is -0.247 e. The van der Waals surface area contributed by atoms with Crippen LogP contribution in [0.15, 0.2) is 164 Å². The van der Waals surface area contributed by atoms with E-state index in [9.17, 15) is 0 Å². The van der Waals surface area contributed by atoms with E-state index in [1.165, 1.54) is 98.5 Å². The van der Waals surface area contributed by atoms with Crippen LogP contribution in [0.25, 0.3) is 98.6 Å². The predicted molar refractivity (Wildman–Crippen MR) is 217 cm³/mol. The first-order chi connectivity index (χ1) is 25.0. The molecule has 10 aromatic rings. The van der Waals surface area contributed by atoms with Crippen molar-refractivity contribution in [3.8, 4) is 44.6 Å². The van der Waals surface area contributed by atoms with E-state index in [0.717, 1.165) is 11.2 Å². The summed E-state index contributed by atoms with van der Waals surface area (Å²) in [5.74, 6) is 0. The molecule has 1 aromatic heterocycles. The second kappa shape index (κ2) is 10.4. The minimum absolute atomic E-state index is 0.187. The van der Waals surface area contributed by atoms with Gasteiger partial charge in [0.15, 0.2) is 0 Å². The van der Waals surface area contributed by atoms with Gasteiger partial charge in [0, 0.05) is 16.4 Å². The highest BCUT2D eigenvalue weighted by Gasteiger charge is 2.39. The third-order valence-corrected chi connectivity index (χ3v) is 11.6. The van der Waals surface area contributed by atoms with Crippen LogP contribution >= 0.6 is 0 Å². The Bertz CT molecular complexity index is 3020. The maximum absolute atomic E-state index is 5.38. The van der Waals surface area contributed by atoms with Crippen LogP contribution in [0.3, 0.4) is 0 Å². The van der Waals surface area contributed by atoms with Gasteiger partial charge in [-0.05, 0) is 99.7 Å². The average Bonchev–Trinajstić information content (AvgIpc) is 3.41. The molecule has 1 nitrogen and oxygen atoms in total. The van der Waals surface area contributed by atoms with E-state index in [1.54, 1.807) is 0 Å². The van der Waals surface area contributed by atoms with Crippen LogP contribution in [0.4, 0.5) is 0 Å². The predicted octanol–water partition coefficient (Wildman–Crippen LogP) is 13.6. The van der Waals surface area contributed by atoms with Gasteiger partial charge in [-0.25, -0.2) is 4.98 Å². The first-order valence-corrected chi connectivity index (χ1v) is 17.9. The topological polar surface area (TPSA) is 12.9 Å². The van der Waals surface area contributed by atoms with Gasteiger partial charge < -0.3 is 0 Å². The number of hydrogen-bond acceptors (Lipinski definition) is 1. The molecule has 0 aliphatic heterocycles. The molecule has 11 rings (SSSR count). The highest BCUT2D eigenvalue weighted by atomic mass is 14.7. The van der Waals surface area contributed by atoms with Crippen LogP contribution in [-0.4, -0.2) is 4.98 Å². The number of aromatic nitrogens is 1. The van der Waals surface area contributed by atoms with E-state index < -0.39 is 0 Å². The summed E-state index contributed by atoms with van der Waals surface area (Å²) in [6, 6.07) is 60.6. The third kappa shape index (κ3) is 4.01. The summed E-state index contributed by atoms with van der Waals surface area (Å²) in [5, 5.41) is 11.6. The van der Waals surface area contributed by atoms with Crippen molar-refractivity contribution < 1.29 is 0 Å². The Labute approximate surface area is 296 Å². The Balaban J connectivity index is 1.08. The number of rotatable bonds is 3. The Morgan fingerprint density at radius 3 is 1.92 bits per heavy atom. The van der Waals surface area contributed by atoms with Crippen molar-refractivity contribution in [3.63, 3.8) is 0 Å². The van der Waals surface area contributed by atoms with E-state index in [1.807, 2.05) is 0 Å². The lowest BCUT2D eigenvalue weighted by Crippen LogP contribution is -2.16. The zero-order valence-corrected chi connectivity index (χ0v) is 28.5. The zero-order valence-electron chi connectivity index (χ0n) is 28.5. The van der Waals surface area contributed by atoms with Crippen molar-refractivity contribution in [2.24, 2.45) is 0 Å². The average molecular weight is 648 g/mol. The molecule has 1 heterocycles. The Morgan fingerprint density at radius 1 is 0.412 bits per heavy atom. The lowest BCUT2D eigenvalue weighted by atomic mass is 9.78. The second-order valence-electron chi connectivity index (χ2n) is 14.7. The van der Waals surface area contributed by atoms with Crippen molar-refractivity contribution in [1.29, 1.82) is 0 Å². The van der Waals surface area contributed by atoms with Gasteiger partial charge in [-0.1, -0.05) is 166 Å². The molecular formula is C50H33N. The largest absolute Gasteiger partial charge is 0.247 e. The molecule has 1 heteroatoms. The molecule has 0 radical (unpaired) electrons. The number of pyridine rings is 1. The van der Waals surface area contributed by atoms with Gasteiger partial charge in [0.05, 0.1) is 11.2 Å². The molecule has 9 aromatic carbocycles. The van der Waals surface area contributed by atoms with Crippen molar-refractivity contribution in [2.45, 2.75) is 19.3 Å². The van der Waals surface area contributed by atoms with Crippen molar-refractivity contribution in [1.82, 2.24) is 4.98 Å². The number of nitrogens with zero attached hydrogens (tertiary/aromatic N) is 1. The summed E-state index contributed by atoms with van der Waals surface area (Å²) in [4.78, 5) is 5.38. The molecule has 0 unspecified atom stereocenters. The summed E-state index contributed by atoms with van der Waals surface area (Å²) in [6.45, 7) is 4.72. The molecular weight excluding hydrogens is 615 g/mol. The molecule has 0 spiro atoms. The standard InChI is InChI=1S/C50H33N/c1-50(2)42-16-6-5-15-41(42)49-48(50)46(47-39-14-4-3-9-31(39)25-28-43(47)51-49)35-19-17-30(18-20-35)36-12-8-13-37(29-36)38-26-23-34-22-21-32-10-7-11-33-24-27-40(38)45(34)44(32)33/h3-29H,1-2H3. The number of benzene rings is 9. The van der Waals surface area contributed by atoms with E-state index >= 15 is 0 Å². The molecule has 238 valence electrons. The lowest BCUT2D eigenvalue weighted by molar-refractivity contribution is 0.662. The quantitative estimate of drug-likeness (QED) is 0.174. The van der Waals surface area contributed by atoms with Gasteiger partial charge in [-0.15, -0.1) is 0 Å². The van der Waals surface area contributed by atoms with Gasteiger partial charge >= 0.3 is 0 Å². The lowest BCUT2D eigenvalue weighted by Gasteiger charge is -2.25. The molecule has 0 amide bonds. The molecule has 0 N–H and O–H groups in total. The molecule has 0 bridgehead atoms. The molecule has 1 aliphatic rings. The minimum atomic E-state index is -0.187. The van der Waals surface area contributed by atoms with Crippen LogP contribution in [0, 0.1) is 0 Å². The molecule has 0 fully saturated rings. The highest BCUT2D eigenvalue weighted by Crippen LogP contribution is 2.54.